The summed E-state index contributed by atoms with van der Waals surface area (Å²) in [5, 5.41) is 11.4. The van der Waals surface area contributed by atoms with Gasteiger partial charge in [0.1, 0.15) is 11.3 Å². The molecular formula is C30H36O5. The molecule has 35 heavy (non-hydrogen) atoms. The van der Waals surface area contributed by atoms with Gasteiger partial charge >= 0.3 is 5.97 Å². The van der Waals surface area contributed by atoms with Gasteiger partial charge in [-0.1, -0.05) is 73.9 Å². The predicted octanol–water partition coefficient (Wildman–Crippen LogP) is 6.16. The number of ketones is 2. The Bertz CT molecular complexity index is 1090. The SMILES string of the molecule is C=C(C)[C@@H]1CCC(C)=C[C@H]1C1=C(O)C(C(=O)OCCc2ccccc2)=C(CCCCC)C(=O)C1=O. The molecule has 0 unspecified atom stereocenters. The monoisotopic (exact) mass is 476 g/mol. The summed E-state index contributed by atoms with van der Waals surface area (Å²) in [6.45, 7) is 10.1. The topological polar surface area (TPSA) is 80.7 Å². The van der Waals surface area contributed by atoms with Gasteiger partial charge in [0.15, 0.2) is 0 Å². The van der Waals surface area contributed by atoms with Crippen LogP contribution in [-0.2, 0) is 25.5 Å². The van der Waals surface area contributed by atoms with E-state index in [2.05, 4.69) is 6.58 Å². The third kappa shape index (κ3) is 6.08. The lowest BCUT2D eigenvalue weighted by Gasteiger charge is -2.33. The molecule has 5 nitrogen and oxygen atoms in total. The van der Waals surface area contributed by atoms with Gasteiger partial charge in [-0.2, -0.15) is 0 Å². The second-order valence-electron chi connectivity index (χ2n) is 9.63. The Hall–Kier alpha value is -3.21. The first kappa shape index (κ1) is 26.4. The Kier molecular flexibility index (Phi) is 9.02. The lowest BCUT2D eigenvalue weighted by molar-refractivity contribution is -0.139. The summed E-state index contributed by atoms with van der Waals surface area (Å²) in [6, 6.07) is 9.62. The first-order chi connectivity index (χ1) is 16.8. The second-order valence-corrected chi connectivity index (χ2v) is 9.63. The molecule has 2 aliphatic rings. The highest BCUT2D eigenvalue weighted by Crippen LogP contribution is 2.42. The van der Waals surface area contributed by atoms with Crippen molar-refractivity contribution in [3.8, 4) is 0 Å². The number of carbonyl (C=O) groups is 3. The largest absolute Gasteiger partial charge is 0.507 e. The van der Waals surface area contributed by atoms with Crippen LogP contribution in [0.25, 0.3) is 0 Å². The van der Waals surface area contributed by atoms with Crippen molar-refractivity contribution in [1.82, 2.24) is 0 Å². The molecule has 1 aromatic carbocycles. The summed E-state index contributed by atoms with van der Waals surface area (Å²) in [5.41, 5.74) is 2.89. The Balaban J connectivity index is 2.00. The van der Waals surface area contributed by atoms with E-state index in [1.807, 2.05) is 57.2 Å². The standard InChI is InChI=1S/C30H36O5/c1-5-6-8-13-23-26(30(34)35-17-16-21-11-9-7-10-12-21)28(32)25(29(33)27(23)31)24-18-20(4)14-15-22(24)19(2)3/h7,9-12,18,22,24,32H,2,5-6,8,13-17H2,1,3-4H3/t22-,24+/m0/s1. The molecule has 0 aromatic heterocycles. The summed E-state index contributed by atoms with van der Waals surface area (Å²) < 4.78 is 5.52. The van der Waals surface area contributed by atoms with Gasteiger partial charge in [0, 0.05) is 17.9 Å². The van der Waals surface area contributed by atoms with Crippen LogP contribution in [0.15, 0.2) is 76.6 Å². The molecule has 3 rings (SSSR count). The number of unbranched alkanes of at least 4 members (excludes halogenated alkanes) is 2. The van der Waals surface area contributed by atoms with E-state index in [9.17, 15) is 19.5 Å². The minimum atomic E-state index is -0.758. The molecule has 0 saturated heterocycles. The minimum Gasteiger partial charge on any atom is -0.507 e. The molecule has 1 N–H and O–H groups in total. The third-order valence-electron chi connectivity index (χ3n) is 6.93. The summed E-state index contributed by atoms with van der Waals surface area (Å²) in [4.78, 5) is 39.8. The fourth-order valence-corrected chi connectivity index (χ4v) is 4.96. The number of benzene rings is 1. The number of carbonyl (C=O) groups excluding carboxylic acids is 3. The van der Waals surface area contributed by atoms with Gasteiger partial charge in [-0.25, -0.2) is 4.79 Å². The molecule has 186 valence electrons. The molecule has 1 aromatic rings. The normalized spacial score (nSPS) is 20.7. The van der Waals surface area contributed by atoms with Crippen molar-refractivity contribution in [2.45, 2.75) is 65.7 Å². The fraction of sp³-hybridized carbons (Fsp3) is 0.433. The molecule has 0 spiro atoms. The van der Waals surface area contributed by atoms with Gasteiger partial charge in [-0.3, -0.25) is 9.59 Å². The van der Waals surface area contributed by atoms with Crippen LogP contribution in [0.5, 0.6) is 0 Å². The van der Waals surface area contributed by atoms with Crippen molar-refractivity contribution in [3.05, 3.63) is 82.2 Å². The van der Waals surface area contributed by atoms with Gasteiger partial charge < -0.3 is 9.84 Å². The number of ether oxygens (including phenoxy) is 1. The van der Waals surface area contributed by atoms with E-state index in [-0.39, 0.29) is 35.7 Å². The Morgan fingerprint density at radius 1 is 1.11 bits per heavy atom. The number of esters is 1. The van der Waals surface area contributed by atoms with Gasteiger partial charge in [0.25, 0.3) is 0 Å². The van der Waals surface area contributed by atoms with Crippen molar-refractivity contribution in [3.63, 3.8) is 0 Å². The maximum atomic E-state index is 13.3. The zero-order valence-electron chi connectivity index (χ0n) is 21.1. The quantitative estimate of drug-likeness (QED) is 0.144. The summed E-state index contributed by atoms with van der Waals surface area (Å²) in [6.07, 6.45) is 6.73. The number of aliphatic hydroxyl groups excluding tert-OH is 1. The molecule has 5 heteroatoms. The van der Waals surface area contributed by atoms with E-state index in [0.717, 1.165) is 42.4 Å². The maximum absolute atomic E-state index is 13.3. The number of aliphatic hydroxyl groups is 1. The smallest absolute Gasteiger partial charge is 0.342 e. The first-order valence-electron chi connectivity index (χ1n) is 12.6. The molecule has 0 aliphatic heterocycles. The Morgan fingerprint density at radius 3 is 2.49 bits per heavy atom. The molecule has 0 amide bonds. The highest BCUT2D eigenvalue weighted by molar-refractivity contribution is 6.51. The van der Waals surface area contributed by atoms with Crippen molar-refractivity contribution < 1.29 is 24.2 Å². The van der Waals surface area contributed by atoms with E-state index in [0.29, 0.717) is 12.8 Å². The summed E-state index contributed by atoms with van der Waals surface area (Å²) >= 11 is 0. The Labute approximate surface area is 208 Å². The molecule has 2 aliphatic carbocycles. The number of Topliss-reactive ketones (excluding diaryl/α,β-unsaturated/α-hetero) is 2. The van der Waals surface area contributed by atoms with Crippen LogP contribution >= 0.6 is 0 Å². The summed E-state index contributed by atoms with van der Waals surface area (Å²) in [7, 11) is 0. The minimum absolute atomic E-state index is 0.00343. The van der Waals surface area contributed by atoms with Gasteiger partial charge in [0.2, 0.25) is 11.6 Å². The van der Waals surface area contributed by atoms with Gasteiger partial charge in [-0.15, -0.1) is 0 Å². The van der Waals surface area contributed by atoms with Crippen LogP contribution in [-0.4, -0.2) is 29.2 Å². The number of allylic oxidation sites excluding steroid dienone is 5. The highest BCUT2D eigenvalue weighted by Gasteiger charge is 2.43. The van der Waals surface area contributed by atoms with Crippen molar-refractivity contribution in [1.29, 1.82) is 0 Å². The number of hydrogen-bond donors (Lipinski definition) is 1. The zero-order valence-corrected chi connectivity index (χ0v) is 21.1. The molecule has 0 heterocycles. The number of rotatable bonds is 10. The molecule has 0 saturated carbocycles. The van der Waals surface area contributed by atoms with Gasteiger partial charge in [-0.05, 0) is 51.0 Å². The van der Waals surface area contributed by atoms with E-state index in [4.69, 9.17) is 4.74 Å². The van der Waals surface area contributed by atoms with E-state index >= 15 is 0 Å². The van der Waals surface area contributed by atoms with Crippen LogP contribution < -0.4 is 0 Å². The van der Waals surface area contributed by atoms with Crippen molar-refractivity contribution in [2.24, 2.45) is 11.8 Å². The molecule has 0 radical (unpaired) electrons. The van der Waals surface area contributed by atoms with Gasteiger partial charge in [0.05, 0.1) is 12.2 Å². The average molecular weight is 477 g/mol. The van der Waals surface area contributed by atoms with Crippen LogP contribution in [0.1, 0.15) is 64.9 Å². The van der Waals surface area contributed by atoms with E-state index in [1.165, 1.54) is 0 Å². The van der Waals surface area contributed by atoms with Crippen molar-refractivity contribution >= 4 is 17.5 Å². The third-order valence-corrected chi connectivity index (χ3v) is 6.93. The molecule has 0 bridgehead atoms. The first-order valence-corrected chi connectivity index (χ1v) is 12.6. The Morgan fingerprint density at radius 2 is 1.83 bits per heavy atom. The van der Waals surface area contributed by atoms with Crippen LogP contribution in [0.2, 0.25) is 0 Å². The number of hydrogen-bond acceptors (Lipinski definition) is 5. The van der Waals surface area contributed by atoms with Crippen LogP contribution in [0.3, 0.4) is 0 Å². The van der Waals surface area contributed by atoms with Crippen LogP contribution in [0.4, 0.5) is 0 Å². The second kappa shape index (κ2) is 12.0. The lowest BCUT2D eigenvalue weighted by atomic mass is 9.70. The zero-order chi connectivity index (χ0) is 25.5. The lowest BCUT2D eigenvalue weighted by Crippen LogP contribution is -2.35. The summed E-state index contributed by atoms with van der Waals surface area (Å²) in [5.74, 6) is -3.19. The average Bonchev–Trinajstić information content (AvgIpc) is 2.83. The molecule has 2 atom stereocenters. The fourth-order valence-electron chi connectivity index (χ4n) is 4.96. The van der Waals surface area contributed by atoms with Crippen LogP contribution in [0, 0.1) is 11.8 Å². The molecular weight excluding hydrogens is 440 g/mol. The molecule has 0 fully saturated rings. The van der Waals surface area contributed by atoms with E-state index < -0.39 is 29.2 Å². The maximum Gasteiger partial charge on any atom is 0.342 e. The highest BCUT2D eigenvalue weighted by atomic mass is 16.5. The van der Waals surface area contributed by atoms with Crippen molar-refractivity contribution in [2.75, 3.05) is 6.61 Å². The predicted molar refractivity (Wildman–Crippen MR) is 137 cm³/mol. The van der Waals surface area contributed by atoms with E-state index in [1.54, 1.807) is 0 Å².